The molecule has 0 N–H and O–H groups in total. The van der Waals surface area contributed by atoms with Gasteiger partial charge in [-0.05, 0) is 37.6 Å². The van der Waals surface area contributed by atoms with E-state index in [4.69, 9.17) is 0 Å². The first-order valence-electron chi connectivity index (χ1n) is 9.16. The molecule has 2 aromatic heterocycles. The van der Waals surface area contributed by atoms with Crippen LogP contribution in [0.1, 0.15) is 32.0 Å². The van der Waals surface area contributed by atoms with Crippen LogP contribution in [-0.4, -0.2) is 26.6 Å². The summed E-state index contributed by atoms with van der Waals surface area (Å²) in [4.78, 5) is 31.7. The van der Waals surface area contributed by atoms with E-state index in [1.807, 2.05) is 19.1 Å². The summed E-state index contributed by atoms with van der Waals surface area (Å²) in [6.07, 6.45) is 1.31. The van der Waals surface area contributed by atoms with Gasteiger partial charge >= 0.3 is 0 Å². The summed E-state index contributed by atoms with van der Waals surface area (Å²) in [6, 6.07) is 10.1. The molecule has 2 aromatic carbocycles. The predicted molar refractivity (Wildman–Crippen MR) is 106 cm³/mol. The average molecular weight is 404 g/mol. The molecule has 4 aromatic rings. The number of hydrogen-bond donors (Lipinski definition) is 0. The molecule has 0 saturated heterocycles. The number of aryl methyl sites for hydroxylation is 2. The Hall–Kier alpha value is -3.94. The van der Waals surface area contributed by atoms with Crippen molar-refractivity contribution in [2.45, 2.75) is 13.8 Å². The van der Waals surface area contributed by atoms with Crippen molar-refractivity contribution < 1.29 is 18.4 Å². The van der Waals surface area contributed by atoms with Crippen LogP contribution in [0.2, 0.25) is 0 Å². The van der Waals surface area contributed by atoms with Gasteiger partial charge in [0.1, 0.15) is 11.6 Å². The molecule has 0 spiro atoms. The molecule has 0 saturated carbocycles. The molecule has 30 heavy (non-hydrogen) atoms. The third-order valence-corrected chi connectivity index (χ3v) is 5.17. The predicted octanol–water partition coefficient (Wildman–Crippen LogP) is 4.12. The maximum absolute atomic E-state index is 13.7. The number of benzene rings is 2. The lowest BCUT2D eigenvalue weighted by molar-refractivity contribution is 0.0926. The van der Waals surface area contributed by atoms with Gasteiger partial charge in [-0.1, -0.05) is 18.2 Å². The van der Waals surface area contributed by atoms with Crippen LogP contribution in [-0.2, 0) is 0 Å². The van der Waals surface area contributed by atoms with Gasteiger partial charge in [-0.25, -0.2) is 23.3 Å². The molecule has 2 amide bonds. The van der Waals surface area contributed by atoms with E-state index in [0.717, 1.165) is 28.7 Å². The highest BCUT2D eigenvalue weighted by Gasteiger charge is 2.40. The summed E-state index contributed by atoms with van der Waals surface area (Å²) >= 11 is 0. The maximum Gasteiger partial charge on any atom is 0.267 e. The number of carbonyl (C=O) groups is 2. The minimum Gasteiger partial charge on any atom is -0.268 e. The molecule has 0 aliphatic carbocycles. The number of pyridine rings is 1. The molecule has 1 aliphatic rings. The molecule has 0 unspecified atom stereocenters. The Balaban J connectivity index is 1.74. The minimum atomic E-state index is -0.760. The third-order valence-electron chi connectivity index (χ3n) is 5.17. The highest BCUT2D eigenvalue weighted by molar-refractivity contribution is 6.37. The van der Waals surface area contributed by atoms with Crippen LogP contribution in [0.3, 0.4) is 0 Å². The van der Waals surface area contributed by atoms with E-state index in [1.54, 1.807) is 19.1 Å². The molecule has 0 fully saturated rings. The Morgan fingerprint density at radius 1 is 0.933 bits per heavy atom. The van der Waals surface area contributed by atoms with Gasteiger partial charge in [-0.15, -0.1) is 0 Å². The Morgan fingerprint density at radius 3 is 2.33 bits per heavy atom. The zero-order valence-electron chi connectivity index (χ0n) is 16.0. The number of rotatable bonds is 2. The van der Waals surface area contributed by atoms with Gasteiger partial charge in [0, 0.05) is 12.3 Å². The van der Waals surface area contributed by atoms with E-state index in [2.05, 4.69) is 10.1 Å². The van der Waals surface area contributed by atoms with E-state index in [1.165, 1.54) is 10.9 Å². The van der Waals surface area contributed by atoms with E-state index >= 15 is 0 Å². The quantitative estimate of drug-likeness (QED) is 0.472. The topological polar surface area (TPSA) is 68.1 Å². The summed E-state index contributed by atoms with van der Waals surface area (Å²) in [7, 11) is 0. The number of aromatic nitrogens is 3. The van der Waals surface area contributed by atoms with Crippen molar-refractivity contribution in [1.29, 1.82) is 0 Å². The monoisotopic (exact) mass is 404 g/mol. The number of imide groups is 1. The van der Waals surface area contributed by atoms with Crippen molar-refractivity contribution in [2.24, 2.45) is 0 Å². The number of amides is 2. The second-order valence-electron chi connectivity index (χ2n) is 7.10. The molecule has 1 aliphatic heterocycles. The van der Waals surface area contributed by atoms with Crippen LogP contribution in [0.5, 0.6) is 0 Å². The van der Waals surface area contributed by atoms with Crippen LogP contribution in [0.15, 0.2) is 48.7 Å². The molecule has 3 heterocycles. The first-order valence-corrected chi connectivity index (χ1v) is 9.16. The molecule has 0 radical (unpaired) electrons. The number of carbonyl (C=O) groups excluding carboxylic acids is 2. The van der Waals surface area contributed by atoms with E-state index in [9.17, 15) is 18.4 Å². The molecule has 8 heteroatoms. The fraction of sp³-hybridized carbons (Fsp3) is 0.0909. The average Bonchev–Trinajstić information content (AvgIpc) is 3.16. The Morgan fingerprint density at radius 2 is 1.63 bits per heavy atom. The van der Waals surface area contributed by atoms with Crippen LogP contribution >= 0.6 is 0 Å². The van der Waals surface area contributed by atoms with Gasteiger partial charge in [0.25, 0.3) is 11.8 Å². The van der Waals surface area contributed by atoms with Crippen LogP contribution in [0.4, 0.5) is 14.5 Å². The van der Waals surface area contributed by atoms with Gasteiger partial charge in [-0.3, -0.25) is 9.59 Å². The summed E-state index contributed by atoms with van der Waals surface area (Å²) in [5.74, 6) is -2.47. The van der Waals surface area contributed by atoms with Gasteiger partial charge < -0.3 is 0 Å². The standard InChI is InChI=1S/C22H14F2N4O2/c1-11-5-3-4-6-17(11)27-21(29)16-10-25-20-18(19(16)22(27)30)12(2)26-28(20)15-8-13(23)7-14(24)9-15/h3-10H,1-2H3. The van der Waals surface area contributed by atoms with Crippen molar-refractivity contribution >= 4 is 28.5 Å². The molecule has 0 bridgehead atoms. The highest BCUT2D eigenvalue weighted by atomic mass is 19.1. The van der Waals surface area contributed by atoms with E-state index < -0.39 is 23.4 Å². The van der Waals surface area contributed by atoms with Gasteiger partial charge in [0.05, 0.1) is 33.6 Å². The lowest BCUT2D eigenvalue weighted by Gasteiger charge is -2.16. The Kier molecular flexibility index (Phi) is 3.79. The Labute approximate surface area is 169 Å². The van der Waals surface area contributed by atoms with E-state index in [0.29, 0.717) is 16.8 Å². The van der Waals surface area contributed by atoms with Crippen molar-refractivity contribution in [3.63, 3.8) is 0 Å². The van der Waals surface area contributed by atoms with E-state index in [-0.39, 0.29) is 22.5 Å². The van der Waals surface area contributed by atoms with Crippen molar-refractivity contribution in [3.8, 4) is 5.69 Å². The second kappa shape index (κ2) is 6.28. The van der Waals surface area contributed by atoms with Crippen LogP contribution < -0.4 is 4.90 Å². The number of fused-ring (bicyclic) bond motifs is 3. The molecule has 5 rings (SSSR count). The minimum absolute atomic E-state index is 0.130. The largest absolute Gasteiger partial charge is 0.268 e. The SMILES string of the molecule is Cc1ccccc1N1C(=O)c2cnc3c(c(C)nn3-c3cc(F)cc(F)c3)c2C1=O. The first kappa shape index (κ1) is 18.1. The van der Waals surface area contributed by atoms with Crippen LogP contribution in [0, 0.1) is 25.5 Å². The summed E-state index contributed by atoms with van der Waals surface area (Å²) in [6.45, 7) is 3.47. The molecular formula is C22H14F2N4O2. The normalized spacial score (nSPS) is 13.4. The van der Waals surface area contributed by atoms with Crippen LogP contribution in [0.25, 0.3) is 16.7 Å². The summed E-state index contributed by atoms with van der Waals surface area (Å²) in [5, 5.41) is 4.71. The molecular weight excluding hydrogens is 390 g/mol. The highest BCUT2D eigenvalue weighted by Crippen LogP contribution is 2.35. The lowest BCUT2D eigenvalue weighted by Crippen LogP contribution is -2.30. The summed E-state index contributed by atoms with van der Waals surface area (Å²) < 4.78 is 28.7. The zero-order chi connectivity index (χ0) is 21.2. The molecule has 0 atom stereocenters. The summed E-state index contributed by atoms with van der Waals surface area (Å²) in [5.41, 5.74) is 2.42. The second-order valence-corrected chi connectivity index (χ2v) is 7.10. The smallest absolute Gasteiger partial charge is 0.267 e. The van der Waals surface area contributed by atoms with Gasteiger partial charge in [0.2, 0.25) is 0 Å². The van der Waals surface area contributed by atoms with Gasteiger partial charge in [0.15, 0.2) is 5.65 Å². The number of nitrogens with zero attached hydrogens (tertiary/aromatic N) is 4. The van der Waals surface area contributed by atoms with Gasteiger partial charge in [-0.2, -0.15) is 5.10 Å². The number of hydrogen-bond acceptors (Lipinski definition) is 4. The fourth-order valence-corrected chi connectivity index (χ4v) is 3.84. The first-order chi connectivity index (χ1) is 14.4. The zero-order valence-corrected chi connectivity index (χ0v) is 16.0. The molecule has 6 nitrogen and oxygen atoms in total. The number of halogens is 2. The van der Waals surface area contributed by atoms with Crippen molar-refractivity contribution in [3.05, 3.63) is 82.7 Å². The fourth-order valence-electron chi connectivity index (χ4n) is 3.84. The number of anilines is 1. The maximum atomic E-state index is 13.7. The lowest BCUT2D eigenvalue weighted by atomic mass is 10.1. The number of para-hydroxylation sites is 1. The van der Waals surface area contributed by atoms with Crippen molar-refractivity contribution in [2.75, 3.05) is 4.90 Å². The molecule has 148 valence electrons. The van der Waals surface area contributed by atoms with Crippen molar-refractivity contribution in [1.82, 2.24) is 14.8 Å². The third kappa shape index (κ3) is 2.46. The Bertz CT molecular complexity index is 1370.